The third-order valence-corrected chi connectivity index (χ3v) is 8.62. The Morgan fingerprint density at radius 2 is 1.68 bits per heavy atom. The minimum Gasteiger partial charge on any atom is -0.507 e. The minimum absolute atomic E-state index is 0.0432. The number of benzene rings is 3. The zero-order valence-corrected chi connectivity index (χ0v) is 24.6. The highest BCUT2D eigenvalue weighted by Gasteiger charge is 2.48. The molecule has 11 heteroatoms. The molecule has 1 fully saturated rings. The van der Waals surface area contributed by atoms with Gasteiger partial charge in [0.1, 0.15) is 17.3 Å². The molecule has 41 heavy (non-hydrogen) atoms. The summed E-state index contributed by atoms with van der Waals surface area (Å²) in [6, 6.07) is 20.4. The number of aliphatic hydroxyl groups excluding tert-OH is 1. The fourth-order valence-corrected chi connectivity index (χ4v) is 6.35. The Morgan fingerprint density at radius 3 is 2.39 bits per heavy atom. The van der Waals surface area contributed by atoms with Crippen LogP contribution in [0, 0.1) is 0 Å². The van der Waals surface area contributed by atoms with Gasteiger partial charge in [0.05, 0.1) is 24.8 Å². The van der Waals surface area contributed by atoms with Crippen molar-refractivity contribution < 1.29 is 24.2 Å². The predicted molar refractivity (Wildman–Crippen MR) is 161 cm³/mol. The van der Waals surface area contributed by atoms with E-state index in [1.54, 1.807) is 48.5 Å². The molecule has 0 spiro atoms. The molecule has 0 aliphatic carbocycles. The van der Waals surface area contributed by atoms with E-state index >= 15 is 0 Å². The molecule has 1 saturated heterocycles. The molecule has 1 aliphatic rings. The summed E-state index contributed by atoms with van der Waals surface area (Å²) in [6.45, 7) is 4.69. The second-order valence-electron chi connectivity index (χ2n) is 8.90. The molecule has 1 atom stereocenters. The summed E-state index contributed by atoms with van der Waals surface area (Å²) in [5, 5.41) is 20.8. The number of aromatic nitrogens is 2. The summed E-state index contributed by atoms with van der Waals surface area (Å²) < 4.78 is 11.8. The Morgan fingerprint density at radius 1 is 0.976 bits per heavy atom. The fourth-order valence-electron chi connectivity index (χ4n) is 4.40. The van der Waals surface area contributed by atoms with Gasteiger partial charge in [0.15, 0.2) is 4.34 Å². The van der Waals surface area contributed by atoms with Crippen LogP contribution >= 0.6 is 34.7 Å². The second-order valence-corrected chi connectivity index (χ2v) is 11.5. The summed E-state index contributed by atoms with van der Waals surface area (Å²) in [4.78, 5) is 28.3. The van der Waals surface area contributed by atoms with Crippen molar-refractivity contribution in [2.45, 2.75) is 30.0 Å². The normalized spacial score (nSPS) is 16.3. The van der Waals surface area contributed by atoms with Gasteiger partial charge in [-0.25, -0.2) is 0 Å². The lowest BCUT2D eigenvalue weighted by molar-refractivity contribution is -0.132. The Hall–Kier alpha value is -3.86. The maximum absolute atomic E-state index is 13.5. The Balaban J connectivity index is 1.53. The summed E-state index contributed by atoms with van der Waals surface area (Å²) in [6.07, 6.45) is 0. The number of aliphatic hydroxyl groups is 1. The molecule has 1 aromatic heterocycles. The molecule has 4 aromatic rings. The molecule has 210 valence electrons. The van der Waals surface area contributed by atoms with Gasteiger partial charge in [0.25, 0.3) is 5.78 Å². The predicted octanol–water partition coefficient (Wildman–Crippen LogP) is 6.91. The zero-order chi connectivity index (χ0) is 28.9. The lowest BCUT2D eigenvalue weighted by atomic mass is 9.95. The number of hydrogen-bond acceptors (Lipinski definition) is 9. The molecule has 0 radical (unpaired) electrons. The highest BCUT2D eigenvalue weighted by atomic mass is 35.5. The van der Waals surface area contributed by atoms with E-state index in [9.17, 15) is 14.7 Å². The number of ketones is 1. The molecule has 1 amide bonds. The number of carbonyl (C=O) groups excluding carboxylic acids is 2. The van der Waals surface area contributed by atoms with Gasteiger partial charge in [0, 0.05) is 16.3 Å². The van der Waals surface area contributed by atoms with Crippen LogP contribution in [0.25, 0.3) is 5.76 Å². The monoisotopic (exact) mass is 607 g/mol. The van der Waals surface area contributed by atoms with Crippen molar-refractivity contribution in [1.29, 1.82) is 0 Å². The van der Waals surface area contributed by atoms with Gasteiger partial charge in [-0.05, 0) is 73.5 Å². The molecular weight excluding hydrogens is 582 g/mol. The molecule has 5 rings (SSSR count). The highest BCUT2D eigenvalue weighted by Crippen LogP contribution is 2.44. The van der Waals surface area contributed by atoms with Crippen LogP contribution in [0.15, 0.2) is 82.7 Å². The first-order valence-corrected chi connectivity index (χ1v) is 15.0. The lowest BCUT2D eigenvalue weighted by Crippen LogP contribution is -2.29. The molecule has 1 unspecified atom stereocenters. The van der Waals surface area contributed by atoms with Gasteiger partial charge >= 0.3 is 5.91 Å². The average Bonchev–Trinajstić information content (AvgIpc) is 3.55. The first-order chi connectivity index (χ1) is 19.9. The first-order valence-electron chi connectivity index (χ1n) is 12.9. The Kier molecular flexibility index (Phi) is 8.92. The second kappa shape index (κ2) is 12.8. The highest BCUT2D eigenvalue weighted by molar-refractivity contribution is 8.00. The summed E-state index contributed by atoms with van der Waals surface area (Å²) in [7, 11) is 0. The van der Waals surface area contributed by atoms with Gasteiger partial charge in [-0.15, -0.1) is 10.2 Å². The molecule has 8 nitrogen and oxygen atoms in total. The Bertz CT molecular complexity index is 1590. The summed E-state index contributed by atoms with van der Waals surface area (Å²) in [5.41, 5.74) is 1.99. The van der Waals surface area contributed by atoms with Crippen molar-refractivity contribution >= 4 is 57.3 Å². The van der Waals surface area contributed by atoms with E-state index in [0.717, 1.165) is 5.56 Å². The van der Waals surface area contributed by atoms with Crippen molar-refractivity contribution in [1.82, 2.24) is 10.2 Å². The number of hydrogen-bond donors (Lipinski definition) is 1. The van der Waals surface area contributed by atoms with E-state index in [-0.39, 0.29) is 16.5 Å². The molecular formula is C30H26ClN3O5S2. The third kappa shape index (κ3) is 6.24. The molecule has 3 aromatic carbocycles. The number of ether oxygens (including phenoxy) is 2. The molecule has 1 N–H and O–H groups in total. The van der Waals surface area contributed by atoms with Crippen LogP contribution in [0.4, 0.5) is 5.13 Å². The maximum Gasteiger partial charge on any atom is 0.301 e. The maximum atomic E-state index is 13.5. The summed E-state index contributed by atoms with van der Waals surface area (Å²) in [5.74, 6) is -0.0653. The van der Waals surface area contributed by atoms with Crippen LogP contribution in [0.5, 0.6) is 11.5 Å². The van der Waals surface area contributed by atoms with Crippen molar-refractivity contribution in [3.05, 3.63) is 100 Å². The largest absolute Gasteiger partial charge is 0.507 e. The SMILES string of the molecule is CCOc1ccc(C(O)=C2C(=O)C(=O)N(c3nnc(SCc4ccc(Cl)cc4)s3)C2c2cccc(OCC)c2)cc1. The van der Waals surface area contributed by atoms with Gasteiger partial charge in [0.2, 0.25) is 5.13 Å². The number of nitrogens with zero attached hydrogens (tertiary/aromatic N) is 3. The van der Waals surface area contributed by atoms with Crippen molar-refractivity contribution in [3.8, 4) is 11.5 Å². The van der Waals surface area contributed by atoms with E-state index in [1.807, 2.05) is 38.1 Å². The first kappa shape index (κ1) is 28.7. The van der Waals surface area contributed by atoms with Gasteiger partial charge in [-0.3, -0.25) is 14.5 Å². The van der Waals surface area contributed by atoms with Crippen LogP contribution in [-0.2, 0) is 15.3 Å². The van der Waals surface area contributed by atoms with E-state index < -0.39 is 17.7 Å². The van der Waals surface area contributed by atoms with E-state index in [2.05, 4.69) is 10.2 Å². The van der Waals surface area contributed by atoms with Crippen LogP contribution in [0.3, 0.4) is 0 Å². The number of anilines is 1. The van der Waals surface area contributed by atoms with E-state index in [4.69, 9.17) is 21.1 Å². The van der Waals surface area contributed by atoms with Crippen molar-refractivity contribution in [3.63, 3.8) is 0 Å². The van der Waals surface area contributed by atoms with Crippen LogP contribution < -0.4 is 14.4 Å². The van der Waals surface area contributed by atoms with Gasteiger partial charge in [-0.2, -0.15) is 0 Å². The molecule has 1 aliphatic heterocycles. The van der Waals surface area contributed by atoms with Gasteiger partial charge < -0.3 is 14.6 Å². The van der Waals surface area contributed by atoms with Crippen molar-refractivity contribution in [2.24, 2.45) is 0 Å². The number of Topliss-reactive ketones (excluding diaryl/α,β-unsaturated/α-hetero) is 1. The van der Waals surface area contributed by atoms with E-state index in [1.165, 1.54) is 28.0 Å². The van der Waals surface area contributed by atoms with Crippen LogP contribution in [0.2, 0.25) is 5.02 Å². The van der Waals surface area contributed by atoms with E-state index in [0.29, 0.717) is 51.0 Å². The van der Waals surface area contributed by atoms with Crippen molar-refractivity contribution in [2.75, 3.05) is 18.1 Å². The van der Waals surface area contributed by atoms with Crippen LogP contribution in [-0.4, -0.2) is 40.2 Å². The standard InChI is InChI=1S/C30H26ClN3O5S2/c1-3-38-22-14-10-19(11-15-22)26(35)24-25(20-6-5-7-23(16-20)39-4-2)34(28(37)27(24)36)29-32-33-30(41-29)40-17-18-8-12-21(31)13-9-18/h5-16,25,35H,3-4,17H2,1-2H3. The lowest BCUT2D eigenvalue weighted by Gasteiger charge is -2.23. The topological polar surface area (TPSA) is 102 Å². The number of amides is 1. The Labute approximate surface area is 250 Å². The fraction of sp³-hybridized carbons (Fsp3) is 0.200. The minimum atomic E-state index is -0.941. The zero-order valence-electron chi connectivity index (χ0n) is 22.2. The van der Waals surface area contributed by atoms with Crippen LogP contribution in [0.1, 0.15) is 36.6 Å². The number of halogens is 1. The summed E-state index contributed by atoms with van der Waals surface area (Å²) >= 11 is 8.65. The number of carbonyl (C=O) groups is 2. The third-order valence-electron chi connectivity index (χ3n) is 6.25. The smallest absolute Gasteiger partial charge is 0.301 e. The molecule has 2 heterocycles. The van der Waals surface area contributed by atoms with Gasteiger partial charge in [-0.1, -0.05) is 59.0 Å². The quantitative estimate of drug-likeness (QED) is 0.0682. The molecule has 0 saturated carbocycles. The number of thioether (sulfide) groups is 1. The number of rotatable bonds is 10. The average molecular weight is 608 g/mol. The molecule has 0 bridgehead atoms.